The molecule has 0 unspecified atom stereocenters. The van der Waals surface area contributed by atoms with Gasteiger partial charge in [0.15, 0.2) is 5.82 Å². The second-order valence-corrected chi connectivity index (χ2v) is 5.93. The van der Waals surface area contributed by atoms with Gasteiger partial charge in [0.2, 0.25) is 0 Å². The van der Waals surface area contributed by atoms with E-state index in [9.17, 15) is 0 Å². The number of anilines is 1. The molecule has 1 N–H and O–H groups in total. The van der Waals surface area contributed by atoms with Crippen molar-refractivity contribution >= 4 is 16.7 Å². The Kier molecular flexibility index (Phi) is 4.09. The summed E-state index contributed by atoms with van der Waals surface area (Å²) in [6.07, 6.45) is 3.66. The minimum absolute atomic E-state index is 0.0932. The van der Waals surface area contributed by atoms with Gasteiger partial charge in [-0.25, -0.2) is 9.97 Å². The van der Waals surface area contributed by atoms with Crippen molar-refractivity contribution in [3.05, 3.63) is 84.7 Å². The molecule has 25 heavy (non-hydrogen) atoms. The van der Waals surface area contributed by atoms with E-state index in [1.807, 2.05) is 66.9 Å². The Balaban J connectivity index is 1.79. The van der Waals surface area contributed by atoms with E-state index in [0.717, 1.165) is 33.7 Å². The van der Waals surface area contributed by atoms with Crippen molar-refractivity contribution in [1.29, 1.82) is 0 Å². The third-order valence-electron chi connectivity index (χ3n) is 4.17. The molecule has 4 heteroatoms. The van der Waals surface area contributed by atoms with Gasteiger partial charge in [-0.3, -0.25) is 4.98 Å². The van der Waals surface area contributed by atoms with E-state index in [-0.39, 0.29) is 6.04 Å². The Morgan fingerprint density at radius 3 is 2.44 bits per heavy atom. The normalized spacial score (nSPS) is 12.0. The van der Waals surface area contributed by atoms with E-state index < -0.39 is 0 Å². The third kappa shape index (κ3) is 3.19. The smallest absolute Gasteiger partial charge is 0.162 e. The average Bonchev–Trinajstić information content (AvgIpc) is 2.69. The molecule has 0 saturated heterocycles. The Bertz CT molecular complexity index is 984. The van der Waals surface area contributed by atoms with Crippen LogP contribution < -0.4 is 5.32 Å². The van der Waals surface area contributed by atoms with Crippen LogP contribution in [-0.4, -0.2) is 15.0 Å². The van der Waals surface area contributed by atoms with Crippen molar-refractivity contribution in [3.8, 4) is 11.4 Å². The van der Waals surface area contributed by atoms with Gasteiger partial charge in [-0.15, -0.1) is 0 Å². The van der Waals surface area contributed by atoms with Crippen LogP contribution in [0.2, 0.25) is 0 Å². The van der Waals surface area contributed by atoms with Crippen LogP contribution in [0, 0.1) is 0 Å². The zero-order valence-corrected chi connectivity index (χ0v) is 13.9. The van der Waals surface area contributed by atoms with Gasteiger partial charge in [-0.05, 0) is 30.7 Å². The molecule has 0 spiro atoms. The van der Waals surface area contributed by atoms with Crippen LogP contribution in [0.25, 0.3) is 22.3 Å². The fourth-order valence-electron chi connectivity index (χ4n) is 2.82. The summed E-state index contributed by atoms with van der Waals surface area (Å²) in [7, 11) is 0. The predicted molar refractivity (Wildman–Crippen MR) is 101 cm³/mol. The zero-order chi connectivity index (χ0) is 17.1. The largest absolute Gasteiger partial charge is 0.363 e. The molecule has 4 rings (SSSR count). The van der Waals surface area contributed by atoms with E-state index in [2.05, 4.69) is 23.3 Å². The quantitative estimate of drug-likeness (QED) is 0.581. The van der Waals surface area contributed by atoms with Crippen LogP contribution in [-0.2, 0) is 0 Å². The van der Waals surface area contributed by atoms with E-state index in [0.29, 0.717) is 0 Å². The standard InChI is InChI=1S/C21H18N4/c1-15(17-10-7-13-22-14-17)23-21-18-11-5-6-12-19(18)24-20(25-21)16-8-3-2-4-9-16/h2-15H,1H3,(H,23,24,25)/t15-/m0/s1. The third-order valence-corrected chi connectivity index (χ3v) is 4.17. The maximum Gasteiger partial charge on any atom is 0.162 e. The molecule has 2 heterocycles. The first-order valence-corrected chi connectivity index (χ1v) is 8.30. The number of fused-ring (bicyclic) bond motifs is 1. The highest BCUT2D eigenvalue weighted by Gasteiger charge is 2.12. The van der Waals surface area contributed by atoms with Gasteiger partial charge in [0.25, 0.3) is 0 Å². The molecule has 0 fully saturated rings. The van der Waals surface area contributed by atoms with Crippen molar-refractivity contribution in [3.63, 3.8) is 0 Å². The molecular formula is C21H18N4. The monoisotopic (exact) mass is 326 g/mol. The number of pyridine rings is 1. The minimum Gasteiger partial charge on any atom is -0.363 e. The first kappa shape index (κ1) is 15.3. The van der Waals surface area contributed by atoms with Gasteiger partial charge in [0.1, 0.15) is 5.82 Å². The molecular weight excluding hydrogens is 308 g/mol. The minimum atomic E-state index is 0.0932. The van der Waals surface area contributed by atoms with Crippen LogP contribution in [0.15, 0.2) is 79.1 Å². The lowest BCUT2D eigenvalue weighted by atomic mass is 10.1. The molecule has 0 aliphatic heterocycles. The topological polar surface area (TPSA) is 50.7 Å². The lowest BCUT2D eigenvalue weighted by Gasteiger charge is -2.17. The zero-order valence-electron chi connectivity index (χ0n) is 13.9. The van der Waals surface area contributed by atoms with Crippen LogP contribution in [0.3, 0.4) is 0 Å². The molecule has 2 aromatic heterocycles. The Labute approximate surface area is 146 Å². The van der Waals surface area contributed by atoms with Gasteiger partial charge in [-0.2, -0.15) is 0 Å². The SMILES string of the molecule is C[C@H](Nc1nc(-c2ccccc2)nc2ccccc12)c1cccnc1. The highest BCUT2D eigenvalue weighted by molar-refractivity contribution is 5.90. The van der Waals surface area contributed by atoms with Gasteiger partial charge in [0, 0.05) is 23.3 Å². The van der Waals surface area contributed by atoms with E-state index >= 15 is 0 Å². The summed E-state index contributed by atoms with van der Waals surface area (Å²) in [5, 5.41) is 4.53. The van der Waals surface area contributed by atoms with E-state index in [1.54, 1.807) is 6.20 Å². The van der Waals surface area contributed by atoms with Crippen LogP contribution in [0.1, 0.15) is 18.5 Å². The lowest BCUT2D eigenvalue weighted by molar-refractivity contribution is 0.868. The molecule has 0 aliphatic rings. The van der Waals surface area contributed by atoms with E-state index in [4.69, 9.17) is 9.97 Å². The highest BCUT2D eigenvalue weighted by atomic mass is 15.1. The predicted octanol–water partition coefficient (Wildman–Crippen LogP) is 4.86. The van der Waals surface area contributed by atoms with Gasteiger partial charge >= 0.3 is 0 Å². The number of aromatic nitrogens is 3. The summed E-state index contributed by atoms with van der Waals surface area (Å²) in [6, 6.07) is 22.2. The summed E-state index contributed by atoms with van der Waals surface area (Å²) < 4.78 is 0. The van der Waals surface area contributed by atoms with Gasteiger partial charge in [-0.1, -0.05) is 48.5 Å². The number of nitrogens with zero attached hydrogens (tertiary/aromatic N) is 3. The summed E-state index contributed by atoms with van der Waals surface area (Å²) >= 11 is 0. The maximum absolute atomic E-state index is 4.79. The number of hydrogen-bond acceptors (Lipinski definition) is 4. The van der Waals surface area contributed by atoms with Crippen LogP contribution >= 0.6 is 0 Å². The summed E-state index contributed by atoms with van der Waals surface area (Å²) in [4.78, 5) is 13.7. The molecule has 1 atom stereocenters. The second kappa shape index (κ2) is 6.69. The molecule has 0 bridgehead atoms. The van der Waals surface area contributed by atoms with Gasteiger partial charge < -0.3 is 5.32 Å². The molecule has 0 saturated carbocycles. The van der Waals surface area contributed by atoms with Crippen molar-refractivity contribution in [2.24, 2.45) is 0 Å². The molecule has 4 aromatic rings. The second-order valence-electron chi connectivity index (χ2n) is 5.93. The molecule has 0 amide bonds. The van der Waals surface area contributed by atoms with E-state index in [1.165, 1.54) is 0 Å². The van der Waals surface area contributed by atoms with Crippen LogP contribution in [0.5, 0.6) is 0 Å². The number of benzene rings is 2. The molecule has 122 valence electrons. The fraction of sp³-hybridized carbons (Fsp3) is 0.0952. The maximum atomic E-state index is 4.79. The summed E-state index contributed by atoms with van der Waals surface area (Å²) in [5.74, 6) is 1.56. The average molecular weight is 326 g/mol. The van der Waals surface area contributed by atoms with Gasteiger partial charge in [0.05, 0.1) is 11.6 Å². The molecule has 2 aromatic carbocycles. The summed E-state index contributed by atoms with van der Waals surface area (Å²) in [5.41, 5.74) is 3.05. The summed E-state index contributed by atoms with van der Waals surface area (Å²) in [6.45, 7) is 2.11. The van der Waals surface area contributed by atoms with Crippen LogP contribution in [0.4, 0.5) is 5.82 Å². The fourth-order valence-corrected chi connectivity index (χ4v) is 2.82. The first-order valence-electron chi connectivity index (χ1n) is 8.30. The Morgan fingerprint density at radius 1 is 0.840 bits per heavy atom. The molecule has 4 nitrogen and oxygen atoms in total. The number of para-hydroxylation sites is 1. The number of hydrogen-bond donors (Lipinski definition) is 1. The Morgan fingerprint density at radius 2 is 1.64 bits per heavy atom. The highest BCUT2D eigenvalue weighted by Crippen LogP contribution is 2.27. The lowest BCUT2D eigenvalue weighted by Crippen LogP contribution is -2.09. The Hall–Kier alpha value is -3.27. The van der Waals surface area contributed by atoms with Crippen molar-refractivity contribution in [1.82, 2.24) is 15.0 Å². The number of rotatable bonds is 4. The van der Waals surface area contributed by atoms with Crippen molar-refractivity contribution in [2.75, 3.05) is 5.32 Å². The molecule has 0 radical (unpaired) electrons. The van der Waals surface area contributed by atoms with Crippen molar-refractivity contribution < 1.29 is 0 Å². The molecule has 0 aliphatic carbocycles. The first-order chi connectivity index (χ1) is 12.3. The number of nitrogens with one attached hydrogen (secondary N) is 1. The van der Waals surface area contributed by atoms with Crippen molar-refractivity contribution in [2.45, 2.75) is 13.0 Å².